The first kappa shape index (κ1) is 17.8. The van der Waals surface area contributed by atoms with Gasteiger partial charge in [0.05, 0.1) is 11.1 Å². The van der Waals surface area contributed by atoms with Crippen LogP contribution in [0.5, 0.6) is 11.6 Å². The molecule has 0 saturated carbocycles. The molecule has 4 aromatic rings. The van der Waals surface area contributed by atoms with E-state index >= 15 is 0 Å². The van der Waals surface area contributed by atoms with Gasteiger partial charge in [0, 0.05) is 35.1 Å². The summed E-state index contributed by atoms with van der Waals surface area (Å²) >= 11 is 0. The van der Waals surface area contributed by atoms with Gasteiger partial charge in [-0.05, 0) is 42.0 Å². The summed E-state index contributed by atoms with van der Waals surface area (Å²) in [6, 6.07) is 15.3. The Morgan fingerprint density at radius 1 is 0.929 bits per heavy atom. The van der Waals surface area contributed by atoms with Crippen molar-refractivity contribution >= 4 is 16.6 Å². The molecule has 2 aromatic carbocycles. The Hall–Kier alpha value is -3.61. The molecule has 4 nitrogen and oxygen atoms in total. The second-order valence-electron chi connectivity index (χ2n) is 6.15. The van der Waals surface area contributed by atoms with Gasteiger partial charge in [-0.2, -0.15) is 13.2 Å². The van der Waals surface area contributed by atoms with Gasteiger partial charge in [0.15, 0.2) is 0 Å². The maximum absolute atomic E-state index is 13.2. The van der Waals surface area contributed by atoms with E-state index in [1.165, 1.54) is 6.07 Å². The van der Waals surface area contributed by atoms with Crippen LogP contribution in [0.2, 0.25) is 0 Å². The number of ether oxygens (including phenoxy) is 1. The van der Waals surface area contributed by atoms with Crippen molar-refractivity contribution in [2.24, 2.45) is 0 Å². The molecule has 0 amide bonds. The summed E-state index contributed by atoms with van der Waals surface area (Å²) in [4.78, 5) is 8.36. The van der Waals surface area contributed by atoms with Gasteiger partial charge >= 0.3 is 6.18 Å². The Labute approximate surface area is 158 Å². The number of rotatable bonds is 3. The van der Waals surface area contributed by atoms with E-state index in [0.29, 0.717) is 22.3 Å². The number of alkyl halides is 3. The first-order valence-corrected chi connectivity index (χ1v) is 8.36. The van der Waals surface area contributed by atoms with Crippen LogP contribution in [0.4, 0.5) is 18.9 Å². The lowest BCUT2D eigenvalue weighted by molar-refractivity contribution is -0.137. The fraction of sp³-hybridized carbons (Fsp3) is 0.0476. The topological polar surface area (TPSA) is 61.0 Å². The summed E-state index contributed by atoms with van der Waals surface area (Å²) in [6.45, 7) is 0. The smallest absolute Gasteiger partial charge is 0.416 e. The number of fused-ring (bicyclic) bond motifs is 1. The number of anilines is 1. The number of pyridine rings is 2. The van der Waals surface area contributed by atoms with E-state index in [9.17, 15) is 13.2 Å². The molecule has 0 saturated heterocycles. The molecule has 140 valence electrons. The molecule has 0 radical (unpaired) electrons. The van der Waals surface area contributed by atoms with Crippen LogP contribution in [0.1, 0.15) is 5.56 Å². The Kier molecular flexibility index (Phi) is 4.35. The number of hydrogen-bond donors (Lipinski definition) is 1. The molecular formula is C21H14F3N3O. The Morgan fingerprint density at radius 3 is 2.57 bits per heavy atom. The highest BCUT2D eigenvalue weighted by atomic mass is 19.4. The van der Waals surface area contributed by atoms with Crippen LogP contribution < -0.4 is 10.5 Å². The van der Waals surface area contributed by atoms with Crippen LogP contribution in [0, 0.1) is 0 Å². The quantitative estimate of drug-likeness (QED) is 0.463. The number of nitrogens with two attached hydrogens (primary N) is 1. The number of halogens is 3. The minimum Gasteiger partial charge on any atom is -0.438 e. The van der Waals surface area contributed by atoms with E-state index < -0.39 is 11.7 Å². The minimum absolute atomic E-state index is 0.0429. The minimum atomic E-state index is -4.49. The number of nitrogens with zero attached hydrogens (tertiary/aromatic N) is 2. The van der Waals surface area contributed by atoms with E-state index in [4.69, 9.17) is 10.5 Å². The summed E-state index contributed by atoms with van der Waals surface area (Å²) in [6.07, 6.45) is -1.26. The third kappa shape index (κ3) is 3.59. The van der Waals surface area contributed by atoms with Crippen molar-refractivity contribution in [3.05, 3.63) is 78.6 Å². The van der Waals surface area contributed by atoms with Gasteiger partial charge in [0.25, 0.3) is 0 Å². The molecule has 2 heterocycles. The van der Waals surface area contributed by atoms with Gasteiger partial charge in [0.2, 0.25) is 5.88 Å². The lowest BCUT2D eigenvalue weighted by Crippen LogP contribution is -2.05. The largest absolute Gasteiger partial charge is 0.438 e. The average Bonchev–Trinajstić information content (AvgIpc) is 2.67. The fourth-order valence-corrected chi connectivity index (χ4v) is 2.84. The number of aromatic nitrogens is 2. The molecule has 0 aliphatic rings. The predicted molar refractivity (Wildman–Crippen MR) is 101 cm³/mol. The van der Waals surface area contributed by atoms with Crippen molar-refractivity contribution in [1.29, 1.82) is 0 Å². The highest BCUT2D eigenvalue weighted by molar-refractivity contribution is 5.78. The molecular weight excluding hydrogens is 367 g/mol. The zero-order valence-electron chi connectivity index (χ0n) is 14.4. The molecule has 0 bridgehead atoms. The third-order valence-corrected chi connectivity index (χ3v) is 4.19. The second-order valence-corrected chi connectivity index (χ2v) is 6.15. The van der Waals surface area contributed by atoms with Crippen LogP contribution >= 0.6 is 0 Å². The Balaban J connectivity index is 1.82. The monoisotopic (exact) mass is 381 g/mol. The van der Waals surface area contributed by atoms with Crippen molar-refractivity contribution in [3.8, 4) is 22.8 Å². The number of hydrogen-bond acceptors (Lipinski definition) is 4. The molecule has 4 rings (SSSR count). The van der Waals surface area contributed by atoms with Gasteiger partial charge in [0.1, 0.15) is 5.75 Å². The van der Waals surface area contributed by atoms with Crippen molar-refractivity contribution in [2.45, 2.75) is 6.18 Å². The maximum Gasteiger partial charge on any atom is 0.416 e. The number of benzene rings is 2. The summed E-state index contributed by atoms with van der Waals surface area (Å²) in [7, 11) is 0. The van der Waals surface area contributed by atoms with Gasteiger partial charge in [-0.3, -0.25) is 4.98 Å². The van der Waals surface area contributed by atoms with Crippen LogP contribution in [-0.4, -0.2) is 9.97 Å². The molecule has 0 atom stereocenters. The highest BCUT2D eigenvalue weighted by Crippen LogP contribution is 2.39. The van der Waals surface area contributed by atoms with Crippen molar-refractivity contribution in [2.75, 3.05) is 5.73 Å². The molecule has 28 heavy (non-hydrogen) atoms. The van der Waals surface area contributed by atoms with E-state index in [1.54, 1.807) is 54.9 Å². The van der Waals surface area contributed by atoms with Gasteiger partial charge < -0.3 is 10.5 Å². The molecule has 0 aliphatic carbocycles. The van der Waals surface area contributed by atoms with Gasteiger partial charge in [-0.15, -0.1) is 0 Å². The van der Waals surface area contributed by atoms with Crippen molar-refractivity contribution < 1.29 is 17.9 Å². The molecule has 0 aliphatic heterocycles. The lowest BCUT2D eigenvalue weighted by Gasteiger charge is -2.15. The third-order valence-electron chi connectivity index (χ3n) is 4.19. The molecule has 7 heteroatoms. The van der Waals surface area contributed by atoms with Crippen LogP contribution in [0.25, 0.3) is 22.0 Å². The maximum atomic E-state index is 13.2. The zero-order chi connectivity index (χ0) is 19.7. The summed E-state index contributed by atoms with van der Waals surface area (Å²) in [5.74, 6) is 0.226. The molecule has 0 spiro atoms. The summed E-state index contributed by atoms with van der Waals surface area (Å²) in [5, 5.41) is 0.801. The summed E-state index contributed by atoms with van der Waals surface area (Å²) < 4.78 is 45.4. The first-order chi connectivity index (χ1) is 13.4. The lowest BCUT2D eigenvalue weighted by atomic mass is 10.0. The molecule has 0 fully saturated rings. The Bertz CT molecular complexity index is 1160. The molecule has 0 unspecified atom stereocenters. The SMILES string of the molecule is Nc1cccc(-c2ccc(C(F)(F)F)cc2Oc2ccc3cnccc3n2)c1. The standard InChI is InChI=1S/C21H14F3N3O/c22-21(23,24)15-5-6-17(13-2-1-3-16(25)10-13)19(11-15)28-20-7-4-14-12-26-9-8-18(14)27-20/h1-12H,25H2. The highest BCUT2D eigenvalue weighted by Gasteiger charge is 2.31. The normalized spacial score (nSPS) is 11.5. The van der Waals surface area contributed by atoms with E-state index in [-0.39, 0.29) is 11.6 Å². The van der Waals surface area contributed by atoms with E-state index in [1.807, 2.05) is 0 Å². The first-order valence-electron chi connectivity index (χ1n) is 8.36. The van der Waals surface area contributed by atoms with Crippen LogP contribution in [0.3, 0.4) is 0 Å². The Morgan fingerprint density at radius 2 is 1.79 bits per heavy atom. The van der Waals surface area contributed by atoms with E-state index in [2.05, 4.69) is 9.97 Å². The van der Waals surface area contributed by atoms with Crippen molar-refractivity contribution in [3.63, 3.8) is 0 Å². The fourth-order valence-electron chi connectivity index (χ4n) is 2.84. The second kappa shape index (κ2) is 6.84. The zero-order valence-corrected chi connectivity index (χ0v) is 14.4. The van der Waals surface area contributed by atoms with Gasteiger partial charge in [-0.25, -0.2) is 4.98 Å². The number of nitrogen functional groups attached to an aromatic ring is 1. The molecule has 2 N–H and O–H groups in total. The van der Waals surface area contributed by atoms with Crippen LogP contribution in [-0.2, 0) is 6.18 Å². The van der Waals surface area contributed by atoms with E-state index in [0.717, 1.165) is 17.5 Å². The van der Waals surface area contributed by atoms with Gasteiger partial charge in [-0.1, -0.05) is 18.2 Å². The van der Waals surface area contributed by atoms with Crippen LogP contribution in [0.15, 0.2) is 73.1 Å². The molecule has 2 aromatic heterocycles. The average molecular weight is 381 g/mol. The predicted octanol–water partition coefficient (Wildman–Crippen LogP) is 5.69. The summed E-state index contributed by atoms with van der Waals surface area (Å²) in [5.41, 5.74) is 7.28. The van der Waals surface area contributed by atoms with Crippen molar-refractivity contribution in [1.82, 2.24) is 9.97 Å².